The van der Waals surface area contributed by atoms with Gasteiger partial charge in [0.1, 0.15) is 59.9 Å². The van der Waals surface area contributed by atoms with E-state index in [0.717, 1.165) is 6.07 Å². The molecule has 2 aliphatic heterocycles. The molecule has 3 aromatic rings. The van der Waals surface area contributed by atoms with Crippen LogP contribution in [0.25, 0.3) is 22.3 Å². The molecule has 0 aliphatic carbocycles. The first-order valence-electron chi connectivity index (χ1n) is 15.3. The van der Waals surface area contributed by atoms with E-state index < -0.39 is 92.1 Å². The van der Waals surface area contributed by atoms with Crippen LogP contribution in [-0.2, 0) is 28.5 Å². The zero-order chi connectivity index (χ0) is 37.3. The van der Waals surface area contributed by atoms with E-state index in [9.17, 15) is 50.4 Å². The number of carbonyl (C=O) groups excluding carboxylic acids is 1. The molecule has 5 rings (SSSR count). The van der Waals surface area contributed by atoms with E-state index in [1.165, 1.54) is 45.4 Å². The van der Waals surface area contributed by atoms with Gasteiger partial charge in [0, 0.05) is 24.3 Å². The first-order chi connectivity index (χ1) is 24.1. The number of phenolic OH excluding ortho intramolecular Hbond substituents is 3. The molecule has 0 bridgehead atoms. The van der Waals surface area contributed by atoms with Gasteiger partial charge in [-0.2, -0.15) is 0 Å². The molecule has 0 unspecified atom stereocenters. The van der Waals surface area contributed by atoms with E-state index in [2.05, 4.69) is 0 Å². The first kappa shape index (κ1) is 37.5. The number of aliphatic hydroxyl groups is 5. The van der Waals surface area contributed by atoms with Crippen molar-refractivity contribution in [3.8, 4) is 45.8 Å². The van der Waals surface area contributed by atoms with Crippen LogP contribution in [-0.4, -0.2) is 140 Å². The fourth-order valence-corrected chi connectivity index (χ4v) is 5.59. The van der Waals surface area contributed by atoms with Crippen LogP contribution in [0.1, 0.15) is 13.3 Å². The van der Waals surface area contributed by atoms with E-state index in [0.29, 0.717) is 0 Å². The largest absolute Gasteiger partial charge is 0.507 e. The molecule has 0 amide bonds. The molecule has 2 aliphatic rings. The van der Waals surface area contributed by atoms with Crippen LogP contribution in [0.15, 0.2) is 34.7 Å². The number of rotatable bonds is 11. The average molecular weight is 726 g/mol. The van der Waals surface area contributed by atoms with Gasteiger partial charge >= 0.3 is 23.3 Å². The fourth-order valence-electron chi connectivity index (χ4n) is 5.59. The maximum atomic E-state index is 11.8. The number of benzene rings is 2. The minimum absolute atomic E-state index is 0.0194. The maximum absolute atomic E-state index is 11.8. The van der Waals surface area contributed by atoms with E-state index in [1.54, 1.807) is 0 Å². The highest BCUT2D eigenvalue weighted by molar-refractivity contribution is 5.90. The number of carbonyl (C=O) groups is 2. The summed E-state index contributed by atoms with van der Waals surface area (Å²) in [5, 5.41) is 93.4. The lowest BCUT2D eigenvalue weighted by molar-refractivity contribution is -0.319. The number of fused-ring (bicyclic) bond motifs is 1. The summed E-state index contributed by atoms with van der Waals surface area (Å²) < 4.78 is 44.3. The number of esters is 1. The van der Waals surface area contributed by atoms with Gasteiger partial charge in [-0.15, -0.1) is 0 Å². The molecule has 0 radical (unpaired) electrons. The lowest BCUT2D eigenvalue weighted by atomic mass is 9.98. The summed E-state index contributed by atoms with van der Waals surface area (Å²) in [6, 6.07) is 6.23. The summed E-state index contributed by atoms with van der Waals surface area (Å²) in [5.41, 5.74) is 0.157. The molecule has 0 saturated carbocycles. The molecule has 0 spiro atoms. The van der Waals surface area contributed by atoms with E-state index in [1.807, 2.05) is 0 Å². The molecular formula is C32H37O19+. The van der Waals surface area contributed by atoms with Crippen molar-refractivity contribution in [2.24, 2.45) is 0 Å². The number of hydrogen-bond acceptors (Lipinski definition) is 17. The normalized spacial score (nSPS) is 29.3. The second kappa shape index (κ2) is 15.3. The van der Waals surface area contributed by atoms with E-state index >= 15 is 0 Å². The van der Waals surface area contributed by atoms with Crippen molar-refractivity contribution in [2.45, 2.75) is 74.8 Å². The number of phenols is 3. The van der Waals surface area contributed by atoms with Gasteiger partial charge in [-0.25, -0.2) is 4.42 Å². The number of ether oxygens (including phenoxy) is 7. The highest BCUT2D eigenvalue weighted by Gasteiger charge is 2.49. The van der Waals surface area contributed by atoms with E-state index in [-0.39, 0.29) is 51.0 Å². The molecular weight excluding hydrogens is 688 g/mol. The third kappa shape index (κ3) is 7.80. The molecule has 2 aromatic carbocycles. The van der Waals surface area contributed by atoms with E-state index in [4.69, 9.17) is 42.7 Å². The molecule has 19 nitrogen and oxygen atoms in total. The molecule has 9 N–H and O–H groups in total. The maximum Gasteiger partial charge on any atom is 0.402 e. The van der Waals surface area contributed by atoms with Crippen LogP contribution in [0.5, 0.6) is 34.5 Å². The summed E-state index contributed by atoms with van der Waals surface area (Å²) in [6.45, 7) is 0.738. The third-order valence-electron chi connectivity index (χ3n) is 8.23. The monoisotopic (exact) mass is 725 g/mol. The Bertz CT molecular complexity index is 1720. The van der Waals surface area contributed by atoms with Gasteiger partial charge in [-0.1, -0.05) is 0 Å². The second-order valence-electron chi connectivity index (χ2n) is 11.7. The molecule has 278 valence electrons. The van der Waals surface area contributed by atoms with Crippen LogP contribution in [0.2, 0.25) is 0 Å². The zero-order valence-electron chi connectivity index (χ0n) is 27.2. The van der Waals surface area contributed by atoms with Crippen molar-refractivity contribution in [3.63, 3.8) is 0 Å². The van der Waals surface area contributed by atoms with Crippen LogP contribution in [0.4, 0.5) is 0 Å². The number of carboxylic acid groups (broad SMARTS) is 1. The topological polar surface area (TPSA) is 292 Å². The van der Waals surface area contributed by atoms with Crippen molar-refractivity contribution in [3.05, 3.63) is 30.3 Å². The smallest absolute Gasteiger partial charge is 0.402 e. The molecule has 3 heterocycles. The number of methoxy groups -OCH3 is 2. The summed E-state index contributed by atoms with van der Waals surface area (Å²) in [5.74, 6) is -4.13. The number of aliphatic carboxylic acids is 1. The van der Waals surface area contributed by atoms with Crippen molar-refractivity contribution in [2.75, 3.05) is 20.8 Å². The van der Waals surface area contributed by atoms with Crippen molar-refractivity contribution >= 4 is 22.9 Å². The van der Waals surface area contributed by atoms with Crippen LogP contribution < -0.4 is 14.2 Å². The Morgan fingerprint density at radius 3 is 2.08 bits per heavy atom. The Balaban J connectivity index is 1.40. The first-order valence-corrected chi connectivity index (χ1v) is 15.3. The molecule has 10 atom stereocenters. The summed E-state index contributed by atoms with van der Waals surface area (Å²) >= 11 is 0. The zero-order valence-corrected chi connectivity index (χ0v) is 27.2. The van der Waals surface area contributed by atoms with Crippen LogP contribution >= 0.6 is 0 Å². The Kier molecular flexibility index (Phi) is 11.2. The second-order valence-corrected chi connectivity index (χ2v) is 11.7. The van der Waals surface area contributed by atoms with Crippen molar-refractivity contribution in [1.29, 1.82) is 0 Å². The summed E-state index contributed by atoms with van der Waals surface area (Å²) in [4.78, 5) is 22.6. The Morgan fingerprint density at radius 1 is 0.804 bits per heavy atom. The van der Waals surface area contributed by atoms with Gasteiger partial charge in [-0.3, -0.25) is 9.59 Å². The van der Waals surface area contributed by atoms with Gasteiger partial charge < -0.3 is 79.1 Å². The number of carboxylic acids is 1. The predicted molar refractivity (Wildman–Crippen MR) is 166 cm³/mol. The van der Waals surface area contributed by atoms with Crippen molar-refractivity contribution < 1.29 is 93.1 Å². The molecule has 1 aromatic heterocycles. The number of aliphatic hydroxyl groups excluding tert-OH is 5. The minimum atomic E-state index is -1.89. The highest BCUT2D eigenvalue weighted by atomic mass is 16.7. The Hall–Kier alpha value is -4.73. The summed E-state index contributed by atoms with van der Waals surface area (Å²) in [6.07, 6.45) is -17.5. The lowest BCUT2D eigenvalue weighted by Crippen LogP contribution is -2.62. The van der Waals surface area contributed by atoms with Gasteiger partial charge in [0.15, 0.2) is 23.9 Å². The summed E-state index contributed by atoms with van der Waals surface area (Å²) in [7, 11) is 2.58. The third-order valence-corrected chi connectivity index (χ3v) is 8.23. The Labute approximate surface area is 287 Å². The molecule has 51 heavy (non-hydrogen) atoms. The van der Waals surface area contributed by atoms with Gasteiger partial charge in [0.05, 0.1) is 38.6 Å². The lowest BCUT2D eigenvalue weighted by Gasteiger charge is -2.43. The highest BCUT2D eigenvalue weighted by Crippen LogP contribution is 2.45. The SMILES string of the molecule is COc1cc(-c2[o+]c3cc(O)cc(O)c3cc2O[C@@H]2O[C@H](CO[C@@H]3O[C@@H](C)[C@H](OC(=O)CC(=O)O)[C@@H](O)[C@H]3O)[C@@H](O)[C@H](O)[C@H]2O)cc(OC)c1O. The van der Waals surface area contributed by atoms with Gasteiger partial charge in [-0.05, 0) is 6.92 Å². The van der Waals surface area contributed by atoms with Crippen LogP contribution in [0.3, 0.4) is 0 Å². The predicted octanol–water partition coefficient (Wildman–Crippen LogP) is -0.429. The minimum Gasteiger partial charge on any atom is -0.507 e. The Morgan fingerprint density at radius 2 is 1.45 bits per heavy atom. The average Bonchev–Trinajstić information content (AvgIpc) is 3.08. The fraction of sp³-hybridized carbons (Fsp3) is 0.469. The van der Waals surface area contributed by atoms with Gasteiger partial charge in [0.25, 0.3) is 0 Å². The molecule has 2 saturated heterocycles. The quantitative estimate of drug-likeness (QED) is 0.0688. The molecule has 2 fully saturated rings. The van der Waals surface area contributed by atoms with Crippen LogP contribution in [0, 0.1) is 0 Å². The number of aromatic hydroxyl groups is 3. The number of hydrogen-bond donors (Lipinski definition) is 9. The molecule has 19 heteroatoms. The van der Waals surface area contributed by atoms with Gasteiger partial charge in [0.2, 0.25) is 17.8 Å². The standard InChI is InChI=1S/C32H36O19/c1-11-29(51-22(37)9-21(35)36)26(41)28(43)31(47-11)46-10-20-24(39)25(40)27(42)32(50-20)49-19-8-14-15(34)6-13(33)7-16(14)48-30(19)12-4-17(44-2)23(38)18(5-12)45-3/h4-8,11,20,24-29,31-32,39-43H,9-10H2,1-3H3,(H3-,33,34,35,36,38)/p+1/t11-,20+,24+,25-,26-,27+,28+,29-,31+,32+/m0/s1. The van der Waals surface area contributed by atoms with Crippen molar-refractivity contribution in [1.82, 2.24) is 0 Å².